The molecule has 0 unspecified atom stereocenters. The topological polar surface area (TPSA) is 73.0 Å². The van der Waals surface area contributed by atoms with Gasteiger partial charge in [-0.3, -0.25) is 4.79 Å². The van der Waals surface area contributed by atoms with Gasteiger partial charge in [0.15, 0.2) is 11.6 Å². The number of hydrogen-bond donors (Lipinski definition) is 1. The van der Waals surface area contributed by atoms with Crippen LogP contribution in [0.1, 0.15) is 28.6 Å². The number of hydrogen-bond acceptors (Lipinski definition) is 4. The fourth-order valence-electron chi connectivity index (χ4n) is 2.91. The third kappa shape index (κ3) is 2.52. The highest BCUT2D eigenvalue weighted by Gasteiger charge is 2.20. The van der Waals surface area contributed by atoms with Crippen LogP contribution in [-0.4, -0.2) is 20.7 Å². The van der Waals surface area contributed by atoms with Crippen LogP contribution in [0, 0.1) is 0 Å². The van der Waals surface area contributed by atoms with E-state index in [1.807, 2.05) is 30.3 Å². The lowest BCUT2D eigenvalue weighted by molar-refractivity contribution is 0.0922. The molecule has 0 atom stereocenters. The number of fused-ring (bicyclic) bond motifs is 1. The van der Waals surface area contributed by atoms with E-state index in [4.69, 9.17) is 4.42 Å². The van der Waals surface area contributed by atoms with Crippen molar-refractivity contribution in [3.05, 3.63) is 60.1 Å². The van der Waals surface area contributed by atoms with Gasteiger partial charge in [-0.15, -0.1) is 10.2 Å². The van der Waals surface area contributed by atoms with Crippen molar-refractivity contribution in [3.63, 3.8) is 0 Å². The first kappa shape index (κ1) is 13.8. The van der Waals surface area contributed by atoms with Gasteiger partial charge >= 0.3 is 0 Å². The predicted octanol–water partition coefficient (Wildman–Crippen LogP) is 2.41. The highest BCUT2D eigenvalue weighted by Crippen LogP contribution is 2.24. The molecule has 1 aliphatic rings. The molecule has 0 bridgehead atoms. The second-order valence-corrected chi connectivity index (χ2v) is 5.50. The van der Waals surface area contributed by atoms with Gasteiger partial charge in [-0.1, -0.05) is 30.3 Å². The highest BCUT2D eigenvalue weighted by molar-refractivity contribution is 5.98. The normalized spacial score (nSPS) is 13.0. The quantitative estimate of drug-likeness (QED) is 0.803. The molecule has 0 aliphatic carbocycles. The zero-order chi connectivity index (χ0) is 15.6. The van der Waals surface area contributed by atoms with Gasteiger partial charge in [-0.2, -0.15) is 0 Å². The van der Waals surface area contributed by atoms with E-state index >= 15 is 0 Å². The third-order valence-corrected chi connectivity index (χ3v) is 4.05. The zero-order valence-electron chi connectivity index (χ0n) is 12.5. The maximum absolute atomic E-state index is 12.4. The fraction of sp³-hybridized carbons (Fsp3) is 0.235. The van der Waals surface area contributed by atoms with E-state index < -0.39 is 0 Å². The Labute approximate surface area is 133 Å². The van der Waals surface area contributed by atoms with Crippen molar-refractivity contribution in [3.8, 4) is 11.1 Å². The van der Waals surface area contributed by atoms with Crippen molar-refractivity contribution in [2.45, 2.75) is 25.9 Å². The summed E-state index contributed by atoms with van der Waals surface area (Å²) in [7, 11) is 0. The Bertz CT molecular complexity index is 835. The van der Waals surface area contributed by atoms with Crippen LogP contribution < -0.4 is 5.32 Å². The molecule has 0 fully saturated rings. The van der Waals surface area contributed by atoms with E-state index in [-0.39, 0.29) is 5.91 Å². The van der Waals surface area contributed by atoms with Crippen molar-refractivity contribution < 1.29 is 9.21 Å². The minimum atomic E-state index is -0.246. The van der Waals surface area contributed by atoms with Crippen molar-refractivity contribution in [1.82, 2.24) is 20.1 Å². The van der Waals surface area contributed by atoms with Crippen LogP contribution >= 0.6 is 0 Å². The van der Waals surface area contributed by atoms with Crippen LogP contribution in [0.5, 0.6) is 0 Å². The maximum atomic E-state index is 12.4. The Morgan fingerprint density at radius 2 is 2.09 bits per heavy atom. The Hall–Kier alpha value is -2.89. The van der Waals surface area contributed by atoms with Crippen LogP contribution in [-0.2, 0) is 19.5 Å². The monoisotopic (exact) mass is 308 g/mol. The number of aryl methyl sites for hydroxylation is 1. The average molecular weight is 308 g/mol. The lowest BCUT2D eigenvalue weighted by Gasteiger charge is -2.06. The summed E-state index contributed by atoms with van der Waals surface area (Å²) in [5.74, 6) is 1.86. The molecule has 1 aliphatic heterocycles. The number of nitrogens with one attached hydrogen (secondary N) is 1. The smallest absolute Gasteiger partial charge is 0.288 e. The van der Waals surface area contributed by atoms with Crippen molar-refractivity contribution >= 4 is 5.91 Å². The van der Waals surface area contributed by atoms with Gasteiger partial charge in [0.1, 0.15) is 5.82 Å². The molecule has 0 saturated heterocycles. The second-order valence-electron chi connectivity index (χ2n) is 5.50. The van der Waals surface area contributed by atoms with Gasteiger partial charge < -0.3 is 14.3 Å². The van der Waals surface area contributed by atoms with E-state index in [0.717, 1.165) is 42.2 Å². The largest absolute Gasteiger partial charge is 0.459 e. The first-order valence-electron chi connectivity index (χ1n) is 7.65. The first-order chi connectivity index (χ1) is 11.3. The number of carbonyl (C=O) groups excluding carboxylic acids is 1. The van der Waals surface area contributed by atoms with Crippen molar-refractivity contribution in [2.24, 2.45) is 0 Å². The summed E-state index contributed by atoms with van der Waals surface area (Å²) < 4.78 is 7.46. The Morgan fingerprint density at radius 1 is 1.22 bits per heavy atom. The fourth-order valence-corrected chi connectivity index (χ4v) is 2.91. The molecule has 0 saturated carbocycles. The van der Waals surface area contributed by atoms with Crippen LogP contribution in [0.2, 0.25) is 0 Å². The molecule has 3 heterocycles. The van der Waals surface area contributed by atoms with Gasteiger partial charge in [0.25, 0.3) is 5.91 Å². The molecule has 1 amide bonds. The summed E-state index contributed by atoms with van der Waals surface area (Å²) in [6, 6.07) is 11.5. The summed E-state index contributed by atoms with van der Waals surface area (Å²) in [4.78, 5) is 12.4. The molecule has 116 valence electrons. The predicted molar refractivity (Wildman–Crippen MR) is 83.7 cm³/mol. The number of aromatic nitrogens is 3. The molecule has 1 N–H and O–H groups in total. The number of furan rings is 1. The number of amides is 1. The van der Waals surface area contributed by atoms with Crippen LogP contribution in [0.15, 0.2) is 47.1 Å². The van der Waals surface area contributed by atoms with E-state index in [1.54, 1.807) is 6.07 Å². The van der Waals surface area contributed by atoms with Crippen molar-refractivity contribution in [1.29, 1.82) is 0 Å². The van der Waals surface area contributed by atoms with Gasteiger partial charge in [-0.25, -0.2) is 0 Å². The average Bonchev–Trinajstić information content (AvgIpc) is 3.30. The third-order valence-electron chi connectivity index (χ3n) is 4.05. The van der Waals surface area contributed by atoms with Crippen molar-refractivity contribution in [2.75, 3.05) is 0 Å². The van der Waals surface area contributed by atoms with E-state index in [1.165, 1.54) is 6.26 Å². The molecule has 6 nitrogen and oxygen atoms in total. The van der Waals surface area contributed by atoms with Gasteiger partial charge in [0.05, 0.1) is 12.8 Å². The summed E-state index contributed by atoms with van der Waals surface area (Å²) in [5, 5.41) is 11.2. The zero-order valence-corrected chi connectivity index (χ0v) is 12.5. The molecule has 2 aromatic heterocycles. The Balaban J connectivity index is 1.51. The Kier molecular flexibility index (Phi) is 3.42. The molecule has 23 heavy (non-hydrogen) atoms. The van der Waals surface area contributed by atoms with E-state index in [9.17, 15) is 4.79 Å². The lowest BCUT2D eigenvalue weighted by Crippen LogP contribution is -2.24. The Morgan fingerprint density at radius 3 is 2.96 bits per heavy atom. The summed E-state index contributed by atoms with van der Waals surface area (Å²) >= 11 is 0. The molecule has 0 radical (unpaired) electrons. The number of nitrogens with zero attached hydrogens (tertiary/aromatic N) is 3. The van der Waals surface area contributed by atoms with Gasteiger partial charge in [0, 0.05) is 18.5 Å². The summed E-state index contributed by atoms with van der Waals surface area (Å²) in [6.07, 6.45) is 3.57. The lowest BCUT2D eigenvalue weighted by atomic mass is 10.1. The molecular formula is C17H16N4O2. The van der Waals surface area contributed by atoms with E-state index in [2.05, 4.69) is 20.1 Å². The number of carbonyl (C=O) groups is 1. The van der Waals surface area contributed by atoms with Crippen LogP contribution in [0.25, 0.3) is 11.1 Å². The summed E-state index contributed by atoms with van der Waals surface area (Å²) in [5.41, 5.74) is 1.74. The molecule has 3 aromatic rings. The molecule has 0 spiro atoms. The van der Waals surface area contributed by atoms with E-state index in [0.29, 0.717) is 12.3 Å². The standard InChI is InChI=1S/C17H16N4O2/c22-17(18-11-15-20-19-14-7-4-9-21(14)15)16-13(8-10-23-16)12-5-2-1-3-6-12/h1-3,5-6,8,10H,4,7,9,11H2,(H,18,22). The minimum Gasteiger partial charge on any atom is -0.459 e. The number of rotatable bonds is 4. The first-order valence-corrected chi connectivity index (χ1v) is 7.65. The highest BCUT2D eigenvalue weighted by atomic mass is 16.3. The maximum Gasteiger partial charge on any atom is 0.288 e. The van der Waals surface area contributed by atoms with Crippen LogP contribution in [0.4, 0.5) is 0 Å². The second kappa shape index (κ2) is 5.72. The number of benzene rings is 1. The van der Waals surface area contributed by atoms with Gasteiger partial charge in [-0.05, 0) is 18.1 Å². The SMILES string of the molecule is O=C(NCc1nnc2n1CCC2)c1occc1-c1ccccc1. The molecule has 6 heteroatoms. The molecular weight excluding hydrogens is 292 g/mol. The van der Waals surface area contributed by atoms with Crippen LogP contribution in [0.3, 0.4) is 0 Å². The molecule has 4 rings (SSSR count). The molecule has 1 aromatic carbocycles. The minimum absolute atomic E-state index is 0.246. The van der Waals surface area contributed by atoms with Gasteiger partial charge in [0.2, 0.25) is 0 Å². The summed E-state index contributed by atoms with van der Waals surface area (Å²) in [6.45, 7) is 1.27.